The molecule has 126 valence electrons. The molecule has 0 radical (unpaired) electrons. The van der Waals surface area contributed by atoms with Crippen LogP contribution in [-0.2, 0) is 11.3 Å². The van der Waals surface area contributed by atoms with Gasteiger partial charge in [0.25, 0.3) is 0 Å². The van der Waals surface area contributed by atoms with Crippen LogP contribution in [0.3, 0.4) is 0 Å². The summed E-state index contributed by atoms with van der Waals surface area (Å²) in [5, 5.41) is 0. The molecule has 3 rings (SSSR count). The molecule has 1 aromatic rings. The van der Waals surface area contributed by atoms with Crippen LogP contribution in [0.2, 0.25) is 0 Å². The molecule has 0 atom stereocenters. The van der Waals surface area contributed by atoms with Crippen LogP contribution in [0.4, 0.5) is 4.39 Å². The number of halogens is 1. The maximum absolute atomic E-state index is 13.7. The SMILES string of the molecule is CN1CCN(C(=O)C2CCN(Cc3ccccc3F)CC2)CC1. The third-order valence-corrected chi connectivity index (χ3v) is 5.10. The number of likely N-dealkylation sites (tertiary alicyclic amines) is 1. The summed E-state index contributed by atoms with van der Waals surface area (Å²) >= 11 is 0. The van der Waals surface area contributed by atoms with Crippen molar-refractivity contribution in [3.8, 4) is 0 Å². The molecule has 2 heterocycles. The van der Waals surface area contributed by atoms with Gasteiger partial charge in [-0.15, -0.1) is 0 Å². The number of rotatable bonds is 3. The van der Waals surface area contributed by atoms with Gasteiger partial charge in [-0.1, -0.05) is 18.2 Å². The van der Waals surface area contributed by atoms with Crippen molar-refractivity contribution in [1.82, 2.24) is 14.7 Å². The lowest BCUT2D eigenvalue weighted by molar-refractivity contribution is -0.138. The quantitative estimate of drug-likeness (QED) is 0.850. The van der Waals surface area contributed by atoms with Gasteiger partial charge >= 0.3 is 0 Å². The Morgan fingerprint density at radius 2 is 1.74 bits per heavy atom. The van der Waals surface area contributed by atoms with Gasteiger partial charge in [0.05, 0.1) is 0 Å². The number of hydrogen-bond donors (Lipinski definition) is 0. The number of piperidine rings is 1. The van der Waals surface area contributed by atoms with Crippen molar-refractivity contribution in [2.45, 2.75) is 19.4 Å². The lowest BCUT2D eigenvalue weighted by Gasteiger charge is -2.37. The fourth-order valence-corrected chi connectivity index (χ4v) is 3.49. The molecular weight excluding hydrogens is 293 g/mol. The number of carbonyl (C=O) groups excluding carboxylic acids is 1. The number of benzene rings is 1. The van der Waals surface area contributed by atoms with Crippen molar-refractivity contribution in [2.24, 2.45) is 5.92 Å². The van der Waals surface area contributed by atoms with E-state index in [0.29, 0.717) is 12.5 Å². The fourth-order valence-electron chi connectivity index (χ4n) is 3.49. The average molecular weight is 319 g/mol. The van der Waals surface area contributed by atoms with Gasteiger partial charge in [0.15, 0.2) is 0 Å². The summed E-state index contributed by atoms with van der Waals surface area (Å²) in [5.74, 6) is 0.335. The minimum absolute atomic E-state index is 0.136. The van der Waals surface area contributed by atoms with E-state index in [1.807, 2.05) is 17.0 Å². The van der Waals surface area contributed by atoms with Crippen molar-refractivity contribution < 1.29 is 9.18 Å². The molecule has 0 unspecified atom stereocenters. The Morgan fingerprint density at radius 1 is 1.09 bits per heavy atom. The van der Waals surface area contributed by atoms with Gasteiger partial charge in [-0.25, -0.2) is 4.39 Å². The first-order chi connectivity index (χ1) is 11.1. The van der Waals surface area contributed by atoms with E-state index in [1.54, 1.807) is 6.07 Å². The van der Waals surface area contributed by atoms with Crippen LogP contribution >= 0.6 is 0 Å². The van der Waals surface area contributed by atoms with Crippen LogP contribution in [0.15, 0.2) is 24.3 Å². The van der Waals surface area contributed by atoms with Crippen LogP contribution in [0.5, 0.6) is 0 Å². The lowest BCUT2D eigenvalue weighted by atomic mass is 9.94. The molecule has 0 bridgehead atoms. The Hall–Kier alpha value is -1.46. The largest absolute Gasteiger partial charge is 0.340 e. The first kappa shape index (κ1) is 16.4. The molecule has 2 saturated heterocycles. The highest BCUT2D eigenvalue weighted by Crippen LogP contribution is 2.22. The summed E-state index contributed by atoms with van der Waals surface area (Å²) in [6.45, 7) is 6.03. The highest BCUT2D eigenvalue weighted by Gasteiger charge is 2.29. The molecule has 1 amide bonds. The molecule has 5 heteroatoms. The van der Waals surface area contributed by atoms with Crippen molar-refractivity contribution >= 4 is 5.91 Å². The maximum Gasteiger partial charge on any atom is 0.225 e. The van der Waals surface area contributed by atoms with Crippen molar-refractivity contribution in [2.75, 3.05) is 46.3 Å². The second-order valence-corrected chi connectivity index (χ2v) is 6.77. The highest BCUT2D eigenvalue weighted by atomic mass is 19.1. The van der Waals surface area contributed by atoms with Gasteiger partial charge in [-0.2, -0.15) is 0 Å². The standard InChI is InChI=1S/C18H26FN3O/c1-20-10-12-22(13-11-20)18(23)15-6-8-21(9-7-15)14-16-4-2-3-5-17(16)19/h2-5,15H,6-14H2,1H3. The zero-order valence-corrected chi connectivity index (χ0v) is 13.9. The molecule has 2 aliphatic heterocycles. The van der Waals surface area contributed by atoms with Gasteiger partial charge in [0, 0.05) is 44.2 Å². The van der Waals surface area contributed by atoms with Crippen LogP contribution < -0.4 is 0 Å². The van der Waals surface area contributed by atoms with E-state index in [2.05, 4.69) is 16.8 Å². The Bertz CT molecular complexity index is 535. The van der Waals surface area contributed by atoms with E-state index in [-0.39, 0.29) is 11.7 Å². The monoisotopic (exact) mass is 319 g/mol. The molecule has 0 saturated carbocycles. The Kier molecular flexibility index (Phi) is 5.28. The Balaban J connectivity index is 1.48. The number of hydrogen-bond acceptors (Lipinski definition) is 3. The normalized spacial score (nSPS) is 21.6. The van der Waals surface area contributed by atoms with E-state index in [1.165, 1.54) is 6.07 Å². The summed E-state index contributed by atoms with van der Waals surface area (Å²) in [4.78, 5) is 19.2. The molecule has 0 spiro atoms. The van der Waals surface area contributed by atoms with Gasteiger partial charge < -0.3 is 9.80 Å². The second kappa shape index (κ2) is 7.41. The minimum atomic E-state index is -0.136. The molecule has 2 fully saturated rings. The van der Waals surface area contributed by atoms with E-state index >= 15 is 0 Å². The first-order valence-corrected chi connectivity index (χ1v) is 8.56. The summed E-state index contributed by atoms with van der Waals surface area (Å²) in [5.41, 5.74) is 0.747. The Labute approximate surface area is 137 Å². The summed E-state index contributed by atoms with van der Waals surface area (Å²) in [6, 6.07) is 6.96. The highest BCUT2D eigenvalue weighted by molar-refractivity contribution is 5.79. The molecule has 2 aliphatic rings. The zero-order valence-electron chi connectivity index (χ0n) is 13.9. The van der Waals surface area contributed by atoms with E-state index < -0.39 is 0 Å². The minimum Gasteiger partial charge on any atom is -0.340 e. The van der Waals surface area contributed by atoms with Crippen LogP contribution in [0, 0.1) is 11.7 Å². The number of piperazine rings is 1. The van der Waals surface area contributed by atoms with E-state index in [0.717, 1.165) is 57.7 Å². The zero-order chi connectivity index (χ0) is 16.2. The number of amides is 1. The van der Waals surface area contributed by atoms with Gasteiger partial charge in [-0.3, -0.25) is 9.69 Å². The molecule has 0 aromatic heterocycles. The molecule has 0 N–H and O–H groups in total. The van der Waals surface area contributed by atoms with Crippen molar-refractivity contribution in [3.05, 3.63) is 35.6 Å². The number of carbonyl (C=O) groups is 1. The predicted octanol–water partition coefficient (Wildman–Crippen LogP) is 1.81. The smallest absolute Gasteiger partial charge is 0.225 e. The summed E-state index contributed by atoms with van der Waals surface area (Å²) in [6.07, 6.45) is 1.78. The molecular formula is C18H26FN3O. The number of nitrogens with zero attached hydrogens (tertiary/aromatic N) is 3. The number of likely N-dealkylation sites (N-methyl/N-ethyl adjacent to an activating group) is 1. The average Bonchev–Trinajstić information content (AvgIpc) is 2.58. The second-order valence-electron chi connectivity index (χ2n) is 6.77. The van der Waals surface area contributed by atoms with Crippen LogP contribution in [0.1, 0.15) is 18.4 Å². The third-order valence-electron chi connectivity index (χ3n) is 5.10. The first-order valence-electron chi connectivity index (χ1n) is 8.56. The van der Waals surface area contributed by atoms with Crippen molar-refractivity contribution in [1.29, 1.82) is 0 Å². The van der Waals surface area contributed by atoms with E-state index in [9.17, 15) is 9.18 Å². The van der Waals surface area contributed by atoms with Crippen molar-refractivity contribution in [3.63, 3.8) is 0 Å². The van der Waals surface area contributed by atoms with Crippen LogP contribution in [-0.4, -0.2) is 66.9 Å². The maximum atomic E-state index is 13.7. The van der Waals surface area contributed by atoms with Gasteiger partial charge in [-0.05, 0) is 39.0 Å². The molecule has 0 aliphatic carbocycles. The lowest BCUT2D eigenvalue weighted by Crippen LogP contribution is -2.50. The Morgan fingerprint density at radius 3 is 2.39 bits per heavy atom. The van der Waals surface area contributed by atoms with Crippen LogP contribution in [0.25, 0.3) is 0 Å². The topological polar surface area (TPSA) is 26.8 Å². The molecule has 1 aromatic carbocycles. The summed E-state index contributed by atoms with van der Waals surface area (Å²) in [7, 11) is 2.10. The molecule has 23 heavy (non-hydrogen) atoms. The fraction of sp³-hybridized carbons (Fsp3) is 0.611. The van der Waals surface area contributed by atoms with Gasteiger partial charge in [0.2, 0.25) is 5.91 Å². The van der Waals surface area contributed by atoms with E-state index in [4.69, 9.17) is 0 Å². The molecule has 4 nitrogen and oxygen atoms in total. The predicted molar refractivity (Wildman–Crippen MR) is 88.5 cm³/mol. The third kappa shape index (κ3) is 4.09. The summed E-state index contributed by atoms with van der Waals surface area (Å²) < 4.78 is 13.7. The van der Waals surface area contributed by atoms with Gasteiger partial charge in [0.1, 0.15) is 5.82 Å².